The quantitative estimate of drug-likeness (QED) is 0.785. The van der Waals surface area contributed by atoms with Crippen molar-refractivity contribution in [3.05, 3.63) is 0 Å². The van der Waals surface area contributed by atoms with Gasteiger partial charge in [0, 0.05) is 45.6 Å². The first kappa shape index (κ1) is 17.7. The molecule has 6 heteroatoms. The highest BCUT2D eigenvalue weighted by Crippen LogP contribution is 2.36. The Bertz CT molecular complexity index is 502. The number of hydrogen-bond acceptors (Lipinski definition) is 4. The first-order valence-electron chi connectivity index (χ1n) is 9.34. The molecule has 0 bridgehead atoms. The molecule has 3 fully saturated rings. The van der Waals surface area contributed by atoms with Crippen LogP contribution in [0.3, 0.4) is 0 Å². The van der Waals surface area contributed by atoms with Gasteiger partial charge in [-0.1, -0.05) is 6.42 Å². The predicted octanol–water partition coefficient (Wildman–Crippen LogP) is 0.883. The molecule has 0 aromatic rings. The Morgan fingerprint density at radius 1 is 1.25 bits per heavy atom. The smallest absolute Gasteiger partial charge is 0.220 e. The highest BCUT2D eigenvalue weighted by molar-refractivity contribution is 5.77. The highest BCUT2D eigenvalue weighted by Gasteiger charge is 2.47. The summed E-state index contributed by atoms with van der Waals surface area (Å²) in [5.41, 5.74) is -0.891. The van der Waals surface area contributed by atoms with E-state index >= 15 is 0 Å². The number of nitrogens with zero attached hydrogens (tertiary/aromatic N) is 2. The number of fused-ring (bicyclic) bond motifs is 1. The fourth-order valence-electron chi connectivity index (χ4n) is 4.72. The number of carbonyl (C=O) groups is 2. The van der Waals surface area contributed by atoms with Crippen molar-refractivity contribution < 1.29 is 14.7 Å². The van der Waals surface area contributed by atoms with Crippen LogP contribution in [0.4, 0.5) is 0 Å². The zero-order valence-corrected chi connectivity index (χ0v) is 15.0. The fraction of sp³-hybridized carbons (Fsp3) is 0.889. The van der Waals surface area contributed by atoms with Gasteiger partial charge in [0.1, 0.15) is 0 Å². The molecule has 0 spiro atoms. The van der Waals surface area contributed by atoms with E-state index in [-0.39, 0.29) is 17.4 Å². The molecule has 0 saturated carbocycles. The van der Waals surface area contributed by atoms with Crippen molar-refractivity contribution in [1.29, 1.82) is 0 Å². The maximum absolute atomic E-state index is 12.0. The van der Waals surface area contributed by atoms with Crippen molar-refractivity contribution in [2.24, 2.45) is 0 Å². The van der Waals surface area contributed by atoms with Crippen LogP contribution in [0.25, 0.3) is 0 Å². The molecule has 0 radical (unpaired) electrons. The van der Waals surface area contributed by atoms with Crippen molar-refractivity contribution in [2.45, 2.75) is 76.0 Å². The first-order chi connectivity index (χ1) is 11.3. The second kappa shape index (κ2) is 6.64. The van der Waals surface area contributed by atoms with Gasteiger partial charge in [-0.05, 0) is 39.0 Å². The van der Waals surface area contributed by atoms with Crippen LogP contribution in [0, 0.1) is 0 Å². The average Bonchev–Trinajstić information content (AvgIpc) is 2.77. The predicted molar refractivity (Wildman–Crippen MR) is 91.4 cm³/mol. The molecule has 2 amide bonds. The third kappa shape index (κ3) is 3.59. The summed E-state index contributed by atoms with van der Waals surface area (Å²) in [7, 11) is 0. The Balaban J connectivity index is 1.65. The van der Waals surface area contributed by atoms with Crippen molar-refractivity contribution in [3.63, 3.8) is 0 Å². The Kier molecular flexibility index (Phi) is 4.89. The van der Waals surface area contributed by atoms with Crippen LogP contribution in [-0.4, -0.2) is 70.1 Å². The van der Waals surface area contributed by atoms with Crippen LogP contribution in [-0.2, 0) is 9.59 Å². The van der Waals surface area contributed by atoms with Gasteiger partial charge in [0.2, 0.25) is 11.8 Å². The van der Waals surface area contributed by atoms with Crippen molar-refractivity contribution in [1.82, 2.24) is 15.1 Å². The SMILES string of the molecule is CC(=O)N1CCC(O)(CN2CC[C@]3(C)NC(=O)CCCC[C@H]23)CC1. The van der Waals surface area contributed by atoms with E-state index in [1.165, 1.54) is 0 Å². The molecule has 0 aromatic carbocycles. The molecule has 0 unspecified atom stereocenters. The molecule has 3 heterocycles. The summed E-state index contributed by atoms with van der Waals surface area (Å²) < 4.78 is 0. The maximum atomic E-state index is 12.0. The van der Waals surface area contributed by atoms with Crippen molar-refractivity contribution in [3.8, 4) is 0 Å². The average molecular weight is 337 g/mol. The monoisotopic (exact) mass is 337 g/mol. The normalized spacial score (nSPS) is 34.2. The summed E-state index contributed by atoms with van der Waals surface area (Å²) in [4.78, 5) is 27.7. The van der Waals surface area contributed by atoms with Gasteiger partial charge in [-0.3, -0.25) is 14.5 Å². The minimum absolute atomic E-state index is 0.0912. The molecule has 2 atom stereocenters. The molecule has 3 aliphatic rings. The lowest BCUT2D eigenvalue weighted by Crippen LogP contribution is -2.58. The topological polar surface area (TPSA) is 72.9 Å². The minimum Gasteiger partial charge on any atom is -0.388 e. The molecule has 0 aliphatic carbocycles. The Morgan fingerprint density at radius 3 is 2.62 bits per heavy atom. The summed E-state index contributed by atoms with van der Waals surface area (Å²) in [5, 5.41) is 14.3. The highest BCUT2D eigenvalue weighted by atomic mass is 16.3. The van der Waals surface area contributed by atoms with Gasteiger partial charge in [-0.15, -0.1) is 0 Å². The number of carbonyl (C=O) groups excluding carboxylic acids is 2. The molecular formula is C18H31N3O3. The van der Waals surface area contributed by atoms with Crippen LogP contribution < -0.4 is 5.32 Å². The van der Waals surface area contributed by atoms with Crippen LogP contribution in [0.2, 0.25) is 0 Å². The molecule has 6 nitrogen and oxygen atoms in total. The third-order valence-electron chi connectivity index (χ3n) is 6.29. The molecular weight excluding hydrogens is 306 g/mol. The van der Waals surface area contributed by atoms with E-state index in [0.29, 0.717) is 44.9 Å². The summed E-state index contributed by atoms with van der Waals surface area (Å²) in [5.74, 6) is 0.256. The molecule has 24 heavy (non-hydrogen) atoms. The summed E-state index contributed by atoms with van der Waals surface area (Å²) in [6, 6.07) is 0.302. The molecule has 3 rings (SSSR count). The Labute approximate surface area is 144 Å². The number of piperidine rings is 1. The fourth-order valence-corrected chi connectivity index (χ4v) is 4.72. The van der Waals surface area contributed by atoms with Gasteiger partial charge < -0.3 is 15.3 Å². The number of aliphatic hydroxyl groups is 1. The zero-order valence-electron chi connectivity index (χ0n) is 15.0. The van der Waals surface area contributed by atoms with Gasteiger partial charge in [0.05, 0.1) is 11.1 Å². The number of hydrogen-bond donors (Lipinski definition) is 2. The van der Waals surface area contributed by atoms with E-state index in [9.17, 15) is 14.7 Å². The molecule has 3 aliphatic heterocycles. The van der Waals surface area contributed by atoms with Gasteiger partial charge in [0.15, 0.2) is 0 Å². The van der Waals surface area contributed by atoms with E-state index < -0.39 is 5.60 Å². The van der Waals surface area contributed by atoms with E-state index in [2.05, 4.69) is 17.1 Å². The first-order valence-corrected chi connectivity index (χ1v) is 9.34. The third-order valence-corrected chi connectivity index (χ3v) is 6.29. The minimum atomic E-state index is -0.719. The van der Waals surface area contributed by atoms with Crippen LogP contribution >= 0.6 is 0 Å². The van der Waals surface area contributed by atoms with Crippen molar-refractivity contribution in [2.75, 3.05) is 26.2 Å². The van der Waals surface area contributed by atoms with Gasteiger partial charge in [-0.25, -0.2) is 0 Å². The maximum Gasteiger partial charge on any atom is 0.220 e. The summed E-state index contributed by atoms with van der Waals surface area (Å²) in [6.45, 7) is 6.59. The number of likely N-dealkylation sites (tertiary alicyclic amines) is 2. The van der Waals surface area contributed by atoms with Gasteiger partial charge in [-0.2, -0.15) is 0 Å². The van der Waals surface area contributed by atoms with Crippen molar-refractivity contribution >= 4 is 11.8 Å². The molecule has 2 N–H and O–H groups in total. The van der Waals surface area contributed by atoms with Gasteiger partial charge in [0.25, 0.3) is 0 Å². The lowest BCUT2D eigenvalue weighted by atomic mass is 9.85. The Morgan fingerprint density at radius 2 is 1.96 bits per heavy atom. The second-order valence-electron chi connectivity index (χ2n) is 8.18. The number of rotatable bonds is 2. The summed E-state index contributed by atoms with van der Waals surface area (Å²) in [6.07, 6.45) is 5.95. The van der Waals surface area contributed by atoms with E-state index in [1.54, 1.807) is 6.92 Å². The Hall–Kier alpha value is -1.14. The molecule has 0 aromatic heterocycles. The van der Waals surface area contributed by atoms with Crippen LogP contribution in [0.5, 0.6) is 0 Å². The lowest BCUT2D eigenvalue weighted by Gasteiger charge is -2.43. The second-order valence-corrected chi connectivity index (χ2v) is 8.18. The largest absolute Gasteiger partial charge is 0.388 e. The van der Waals surface area contributed by atoms with Crippen LogP contribution in [0.15, 0.2) is 0 Å². The number of amides is 2. The van der Waals surface area contributed by atoms with E-state index in [0.717, 1.165) is 32.2 Å². The molecule has 3 saturated heterocycles. The standard InChI is InChI=1S/C18H31N3O3/c1-14(22)20-11-8-18(24,9-12-20)13-21-10-7-17(2)15(21)5-3-4-6-16(23)19-17/h15,24H,3-13H2,1-2H3,(H,19,23)/t15-,17-/m0/s1. The van der Waals surface area contributed by atoms with Crippen LogP contribution in [0.1, 0.15) is 58.8 Å². The van der Waals surface area contributed by atoms with Gasteiger partial charge >= 0.3 is 0 Å². The lowest BCUT2D eigenvalue weighted by molar-refractivity contribution is -0.133. The molecule has 136 valence electrons. The summed E-state index contributed by atoms with van der Waals surface area (Å²) >= 11 is 0. The van der Waals surface area contributed by atoms with E-state index in [1.807, 2.05) is 4.90 Å². The van der Waals surface area contributed by atoms with E-state index in [4.69, 9.17) is 0 Å². The number of nitrogens with one attached hydrogen (secondary N) is 1. The zero-order chi connectivity index (χ0) is 17.4. The number of β-amino-alcohol motifs (C(OH)–C–C–N with tert-alkyl or cyclic N) is 1.